The van der Waals surface area contributed by atoms with E-state index in [1.165, 1.54) is 0 Å². The van der Waals surface area contributed by atoms with Gasteiger partial charge in [-0.1, -0.05) is 19.1 Å². The molecule has 0 aliphatic carbocycles. The molecule has 0 aromatic heterocycles. The van der Waals surface area contributed by atoms with E-state index in [4.69, 9.17) is 5.11 Å². The molecule has 1 atom stereocenters. The number of hydrogen-bond donors (Lipinski definition) is 2. The van der Waals surface area contributed by atoms with Gasteiger partial charge in [-0.15, -0.1) is 0 Å². The molecular formula is C11H15NO2. The number of nitrogens with one attached hydrogen (secondary N) is 1. The second-order valence-corrected chi connectivity index (χ2v) is 3.21. The van der Waals surface area contributed by atoms with E-state index < -0.39 is 5.97 Å². The lowest BCUT2D eigenvalue weighted by Crippen LogP contribution is -2.17. The average Bonchev–Trinajstić information content (AvgIpc) is 2.18. The topological polar surface area (TPSA) is 49.3 Å². The van der Waals surface area contributed by atoms with Gasteiger partial charge in [-0.3, -0.25) is 0 Å². The van der Waals surface area contributed by atoms with Crippen molar-refractivity contribution in [3.63, 3.8) is 0 Å². The van der Waals surface area contributed by atoms with Crippen LogP contribution in [0.15, 0.2) is 24.3 Å². The monoisotopic (exact) mass is 193 g/mol. The van der Waals surface area contributed by atoms with Gasteiger partial charge in [0.25, 0.3) is 0 Å². The summed E-state index contributed by atoms with van der Waals surface area (Å²) in [6.45, 7) is 5.00. The zero-order valence-corrected chi connectivity index (χ0v) is 8.45. The molecule has 0 amide bonds. The van der Waals surface area contributed by atoms with E-state index in [0.29, 0.717) is 5.56 Å². The first-order valence-corrected chi connectivity index (χ1v) is 4.71. The fourth-order valence-corrected chi connectivity index (χ4v) is 1.34. The lowest BCUT2D eigenvalue weighted by atomic mass is 10.1. The van der Waals surface area contributed by atoms with Gasteiger partial charge in [0, 0.05) is 6.04 Å². The van der Waals surface area contributed by atoms with Crippen LogP contribution in [0.4, 0.5) is 0 Å². The van der Waals surface area contributed by atoms with Crippen molar-refractivity contribution in [1.29, 1.82) is 0 Å². The molecule has 1 aromatic carbocycles. The molecule has 0 unspecified atom stereocenters. The SMILES string of the molecule is CCN[C@@H](C)c1ccc(C(=O)O)cc1. The lowest BCUT2D eigenvalue weighted by Gasteiger charge is -2.12. The van der Waals surface area contributed by atoms with Crippen LogP contribution in [0.3, 0.4) is 0 Å². The van der Waals surface area contributed by atoms with Gasteiger partial charge >= 0.3 is 5.97 Å². The summed E-state index contributed by atoms with van der Waals surface area (Å²) in [5.41, 5.74) is 1.44. The molecule has 0 heterocycles. The van der Waals surface area contributed by atoms with Crippen molar-refractivity contribution in [1.82, 2.24) is 5.32 Å². The minimum Gasteiger partial charge on any atom is -0.478 e. The molecule has 0 aliphatic heterocycles. The maximum absolute atomic E-state index is 10.6. The Morgan fingerprint density at radius 3 is 2.43 bits per heavy atom. The number of hydrogen-bond acceptors (Lipinski definition) is 2. The summed E-state index contributed by atoms with van der Waals surface area (Å²) < 4.78 is 0. The molecule has 1 rings (SSSR count). The van der Waals surface area contributed by atoms with E-state index in [2.05, 4.69) is 12.2 Å². The highest BCUT2D eigenvalue weighted by atomic mass is 16.4. The van der Waals surface area contributed by atoms with Crippen LogP contribution in [0.5, 0.6) is 0 Å². The van der Waals surface area contributed by atoms with Gasteiger partial charge in [-0.2, -0.15) is 0 Å². The molecule has 76 valence electrons. The molecule has 1 aromatic rings. The standard InChI is InChI=1S/C11H15NO2/c1-3-12-8(2)9-4-6-10(7-5-9)11(13)14/h4-8,12H,3H2,1-2H3,(H,13,14)/t8-/m0/s1. The van der Waals surface area contributed by atoms with E-state index in [9.17, 15) is 4.79 Å². The van der Waals surface area contributed by atoms with E-state index >= 15 is 0 Å². The second-order valence-electron chi connectivity index (χ2n) is 3.21. The zero-order valence-electron chi connectivity index (χ0n) is 8.45. The van der Waals surface area contributed by atoms with Crippen LogP contribution in [0, 0.1) is 0 Å². The van der Waals surface area contributed by atoms with Gasteiger partial charge < -0.3 is 10.4 Å². The highest BCUT2D eigenvalue weighted by Gasteiger charge is 2.05. The van der Waals surface area contributed by atoms with E-state index in [1.54, 1.807) is 12.1 Å². The predicted molar refractivity (Wildman–Crippen MR) is 55.5 cm³/mol. The third kappa shape index (κ3) is 2.57. The first-order chi connectivity index (χ1) is 6.65. The van der Waals surface area contributed by atoms with Crippen molar-refractivity contribution in [2.24, 2.45) is 0 Å². The van der Waals surface area contributed by atoms with Crippen molar-refractivity contribution in [3.8, 4) is 0 Å². The largest absolute Gasteiger partial charge is 0.478 e. The van der Waals surface area contributed by atoms with Gasteiger partial charge in [0.05, 0.1) is 5.56 Å². The van der Waals surface area contributed by atoms with Crippen molar-refractivity contribution in [3.05, 3.63) is 35.4 Å². The van der Waals surface area contributed by atoms with E-state index in [-0.39, 0.29) is 6.04 Å². The fraction of sp³-hybridized carbons (Fsp3) is 0.364. The normalized spacial score (nSPS) is 12.4. The first-order valence-electron chi connectivity index (χ1n) is 4.71. The number of carbonyl (C=O) groups is 1. The number of rotatable bonds is 4. The second kappa shape index (κ2) is 4.77. The maximum Gasteiger partial charge on any atom is 0.335 e. The van der Waals surface area contributed by atoms with Crippen LogP contribution in [-0.4, -0.2) is 17.6 Å². The molecule has 0 bridgehead atoms. The third-order valence-electron chi connectivity index (χ3n) is 2.17. The molecular weight excluding hydrogens is 178 g/mol. The smallest absolute Gasteiger partial charge is 0.335 e. The van der Waals surface area contributed by atoms with Crippen molar-refractivity contribution in [2.45, 2.75) is 19.9 Å². The van der Waals surface area contributed by atoms with Gasteiger partial charge in [0.1, 0.15) is 0 Å². The van der Waals surface area contributed by atoms with Crippen LogP contribution in [-0.2, 0) is 0 Å². The Morgan fingerprint density at radius 2 is 2.00 bits per heavy atom. The third-order valence-corrected chi connectivity index (χ3v) is 2.17. The first kappa shape index (κ1) is 10.7. The molecule has 0 fully saturated rings. The van der Waals surface area contributed by atoms with E-state index in [1.807, 2.05) is 19.1 Å². The Balaban J connectivity index is 2.77. The molecule has 0 saturated carbocycles. The Kier molecular flexibility index (Phi) is 3.65. The summed E-state index contributed by atoms with van der Waals surface area (Å²) in [4.78, 5) is 10.6. The van der Waals surface area contributed by atoms with Crippen molar-refractivity contribution >= 4 is 5.97 Å². The summed E-state index contributed by atoms with van der Waals surface area (Å²) in [6, 6.07) is 7.22. The summed E-state index contributed by atoms with van der Waals surface area (Å²) in [6.07, 6.45) is 0. The lowest BCUT2D eigenvalue weighted by molar-refractivity contribution is 0.0697. The van der Waals surface area contributed by atoms with Crippen LogP contribution in [0.25, 0.3) is 0 Å². The minimum atomic E-state index is -0.882. The van der Waals surface area contributed by atoms with Crippen molar-refractivity contribution < 1.29 is 9.90 Å². The molecule has 14 heavy (non-hydrogen) atoms. The number of carboxylic acid groups (broad SMARTS) is 1. The Labute approximate surface area is 83.8 Å². The summed E-state index contributed by atoms with van der Waals surface area (Å²) in [7, 11) is 0. The Bertz CT molecular complexity index is 306. The van der Waals surface area contributed by atoms with Gasteiger partial charge in [-0.05, 0) is 31.2 Å². The molecule has 0 aliphatic rings. The van der Waals surface area contributed by atoms with Crippen LogP contribution >= 0.6 is 0 Å². The number of benzene rings is 1. The van der Waals surface area contributed by atoms with E-state index in [0.717, 1.165) is 12.1 Å². The molecule has 3 heteroatoms. The van der Waals surface area contributed by atoms with Gasteiger partial charge in [0.2, 0.25) is 0 Å². The number of carboxylic acids is 1. The molecule has 0 saturated heterocycles. The van der Waals surface area contributed by atoms with Crippen LogP contribution in [0.2, 0.25) is 0 Å². The molecule has 2 N–H and O–H groups in total. The Morgan fingerprint density at radius 1 is 1.43 bits per heavy atom. The molecule has 3 nitrogen and oxygen atoms in total. The summed E-state index contributed by atoms with van der Waals surface area (Å²) >= 11 is 0. The molecule has 0 radical (unpaired) electrons. The average molecular weight is 193 g/mol. The van der Waals surface area contributed by atoms with Gasteiger partial charge in [-0.25, -0.2) is 4.79 Å². The minimum absolute atomic E-state index is 0.267. The Hall–Kier alpha value is -1.35. The van der Waals surface area contributed by atoms with Gasteiger partial charge in [0.15, 0.2) is 0 Å². The summed E-state index contributed by atoms with van der Waals surface area (Å²) in [5, 5.41) is 12.0. The highest BCUT2D eigenvalue weighted by Crippen LogP contribution is 2.12. The zero-order chi connectivity index (χ0) is 10.6. The van der Waals surface area contributed by atoms with Crippen LogP contribution < -0.4 is 5.32 Å². The van der Waals surface area contributed by atoms with Crippen molar-refractivity contribution in [2.75, 3.05) is 6.54 Å². The summed E-state index contributed by atoms with van der Waals surface area (Å²) in [5.74, 6) is -0.882. The fourth-order valence-electron chi connectivity index (χ4n) is 1.34. The highest BCUT2D eigenvalue weighted by molar-refractivity contribution is 5.87. The maximum atomic E-state index is 10.6. The van der Waals surface area contributed by atoms with Crippen LogP contribution in [0.1, 0.15) is 35.8 Å². The number of aromatic carboxylic acids is 1. The quantitative estimate of drug-likeness (QED) is 0.769. The molecule has 0 spiro atoms. The predicted octanol–water partition coefficient (Wildman–Crippen LogP) is 2.06.